The fourth-order valence-electron chi connectivity index (χ4n) is 3.30. The van der Waals surface area contributed by atoms with Crippen molar-refractivity contribution >= 4 is 5.91 Å². The highest BCUT2D eigenvalue weighted by atomic mass is 16.3. The maximum Gasteiger partial charge on any atom is 0.242 e. The second kappa shape index (κ2) is 7.31. The average molecular weight is 313 g/mol. The monoisotopic (exact) mass is 313 g/mol. The van der Waals surface area contributed by atoms with Crippen molar-refractivity contribution in [1.82, 2.24) is 14.5 Å². The van der Waals surface area contributed by atoms with E-state index in [1.165, 1.54) is 6.42 Å². The molecule has 5 heteroatoms. The van der Waals surface area contributed by atoms with Gasteiger partial charge in [0, 0.05) is 25.0 Å². The van der Waals surface area contributed by atoms with Crippen LogP contribution in [0.25, 0.3) is 0 Å². The molecule has 1 aliphatic rings. The summed E-state index contributed by atoms with van der Waals surface area (Å²) in [6.45, 7) is 1.21. The molecule has 1 saturated heterocycles. The Morgan fingerprint density at radius 1 is 1.35 bits per heavy atom. The maximum atomic E-state index is 12.6. The number of piperidine rings is 1. The van der Waals surface area contributed by atoms with Crippen LogP contribution in [-0.4, -0.2) is 38.1 Å². The van der Waals surface area contributed by atoms with E-state index in [1.807, 2.05) is 27.8 Å². The molecule has 1 aliphatic heterocycles. The lowest BCUT2D eigenvalue weighted by Gasteiger charge is -2.36. The largest absolute Gasteiger partial charge is 0.508 e. The minimum Gasteiger partial charge on any atom is -0.508 e. The van der Waals surface area contributed by atoms with Crippen molar-refractivity contribution in [2.75, 3.05) is 6.54 Å². The van der Waals surface area contributed by atoms with Crippen molar-refractivity contribution in [1.29, 1.82) is 0 Å². The maximum absolute atomic E-state index is 12.6. The summed E-state index contributed by atoms with van der Waals surface area (Å²) in [4.78, 5) is 18.6. The van der Waals surface area contributed by atoms with Gasteiger partial charge in [0.1, 0.15) is 12.3 Å². The minimum atomic E-state index is 0.170. The predicted octanol–water partition coefficient (Wildman–Crippen LogP) is 2.60. The number of nitrogens with zero attached hydrogens (tertiary/aromatic N) is 3. The molecule has 3 rings (SSSR count). The van der Waals surface area contributed by atoms with Crippen molar-refractivity contribution in [2.45, 2.75) is 44.7 Å². The van der Waals surface area contributed by atoms with Crippen LogP contribution < -0.4 is 0 Å². The number of aryl methyl sites for hydroxylation is 1. The van der Waals surface area contributed by atoms with E-state index in [-0.39, 0.29) is 5.91 Å². The molecule has 1 aromatic carbocycles. The number of aromatic nitrogens is 2. The molecule has 1 aromatic heterocycles. The summed E-state index contributed by atoms with van der Waals surface area (Å²) in [6.07, 6.45) is 10.4. The Hall–Kier alpha value is -2.30. The average Bonchev–Trinajstić information content (AvgIpc) is 3.06. The first-order valence-corrected chi connectivity index (χ1v) is 8.25. The van der Waals surface area contributed by atoms with Crippen molar-refractivity contribution < 1.29 is 9.90 Å². The quantitative estimate of drug-likeness (QED) is 0.923. The molecule has 1 N–H and O–H groups in total. The first-order chi connectivity index (χ1) is 11.2. The molecule has 0 radical (unpaired) electrons. The van der Waals surface area contributed by atoms with Crippen LogP contribution in [0.1, 0.15) is 31.2 Å². The van der Waals surface area contributed by atoms with Crippen molar-refractivity contribution in [3.05, 3.63) is 48.5 Å². The Morgan fingerprint density at radius 2 is 2.26 bits per heavy atom. The third kappa shape index (κ3) is 4.12. The van der Waals surface area contributed by atoms with Crippen molar-refractivity contribution in [3.63, 3.8) is 0 Å². The molecule has 0 unspecified atom stereocenters. The van der Waals surface area contributed by atoms with E-state index in [4.69, 9.17) is 0 Å². The second-order valence-electron chi connectivity index (χ2n) is 6.18. The Balaban J connectivity index is 1.60. The van der Waals surface area contributed by atoms with Gasteiger partial charge >= 0.3 is 0 Å². The van der Waals surface area contributed by atoms with Crippen LogP contribution in [0, 0.1) is 0 Å². The molecule has 0 spiro atoms. The van der Waals surface area contributed by atoms with Gasteiger partial charge in [-0.2, -0.15) is 0 Å². The van der Waals surface area contributed by atoms with E-state index in [9.17, 15) is 9.90 Å². The number of amides is 1. The molecule has 2 heterocycles. The molecule has 23 heavy (non-hydrogen) atoms. The number of phenolic OH excluding ortho intramolecular Hbond substituents is 1. The zero-order chi connectivity index (χ0) is 16.1. The summed E-state index contributed by atoms with van der Waals surface area (Å²) in [5.74, 6) is 0.475. The van der Waals surface area contributed by atoms with Gasteiger partial charge in [-0.25, -0.2) is 4.98 Å². The van der Waals surface area contributed by atoms with Crippen LogP contribution in [0.15, 0.2) is 43.0 Å². The molecular formula is C18H23N3O2. The Kier molecular flexibility index (Phi) is 4.95. The third-order valence-corrected chi connectivity index (χ3v) is 4.50. The Bertz CT molecular complexity index is 639. The van der Waals surface area contributed by atoms with Gasteiger partial charge in [0.2, 0.25) is 5.91 Å². The summed E-state index contributed by atoms with van der Waals surface area (Å²) in [5.41, 5.74) is 1.12. The van der Waals surface area contributed by atoms with Crippen LogP contribution >= 0.6 is 0 Å². The Morgan fingerprint density at radius 3 is 3.04 bits per heavy atom. The normalized spacial score (nSPS) is 18.1. The molecule has 5 nitrogen and oxygen atoms in total. The van der Waals surface area contributed by atoms with Crippen LogP contribution in [0.5, 0.6) is 5.75 Å². The molecular weight excluding hydrogens is 290 g/mol. The summed E-state index contributed by atoms with van der Waals surface area (Å²) in [6, 6.07) is 7.68. The van der Waals surface area contributed by atoms with Gasteiger partial charge < -0.3 is 14.6 Å². The van der Waals surface area contributed by atoms with E-state index in [0.717, 1.165) is 37.8 Å². The zero-order valence-electron chi connectivity index (χ0n) is 13.3. The first kappa shape index (κ1) is 15.6. The number of imidazole rings is 1. The lowest BCUT2D eigenvalue weighted by molar-refractivity contribution is -0.135. The summed E-state index contributed by atoms with van der Waals surface area (Å²) < 4.78 is 1.82. The highest BCUT2D eigenvalue weighted by Crippen LogP contribution is 2.22. The highest BCUT2D eigenvalue weighted by Gasteiger charge is 2.26. The van der Waals surface area contributed by atoms with Gasteiger partial charge in [0.05, 0.1) is 6.33 Å². The fourth-order valence-corrected chi connectivity index (χ4v) is 3.30. The van der Waals surface area contributed by atoms with Crippen LogP contribution in [-0.2, 0) is 17.8 Å². The predicted molar refractivity (Wildman–Crippen MR) is 88.0 cm³/mol. The zero-order valence-corrected chi connectivity index (χ0v) is 13.3. The van der Waals surface area contributed by atoms with Crippen LogP contribution in [0.2, 0.25) is 0 Å². The molecule has 122 valence electrons. The molecule has 2 aromatic rings. The molecule has 0 aliphatic carbocycles. The van der Waals surface area contributed by atoms with Crippen LogP contribution in [0.4, 0.5) is 0 Å². The molecule has 1 amide bonds. The summed E-state index contributed by atoms with van der Waals surface area (Å²) in [5, 5.41) is 9.56. The van der Waals surface area contributed by atoms with E-state index >= 15 is 0 Å². The summed E-state index contributed by atoms with van der Waals surface area (Å²) >= 11 is 0. The molecule has 1 fully saturated rings. The smallest absolute Gasteiger partial charge is 0.242 e. The van der Waals surface area contributed by atoms with Gasteiger partial charge in [-0.1, -0.05) is 12.1 Å². The standard InChI is InChI=1S/C18H23N3O2/c22-17-6-3-4-15(12-17)7-8-16-5-1-2-10-21(16)18(23)13-20-11-9-19-14-20/h3-4,6,9,11-12,14,16,22H,1-2,5,7-8,10,13H2/t16-/m1/s1. The van der Waals surface area contributed by atoms with Gasteiger partial charge in [0.25, 0.3) is 0 Å². The number of hydrogen-bond acceptors (Lipinski definition) is 3. The van der Waals surface area contributed by atoms with Gasteiger partial charge in [-0.15, -0.1) is 0 Å². The lowest BCUT2D eigenvalue weighted by Crippen LogP contribution is -2.45. The number of carbonyl (C=O) groups is 1. The van der Waals surface area contributed by atoms with E-state index < -0.39 is 0 Å². The number of carbonyl (C=O) groups excluding carboxylic acids is 1. The van der Waals surface area contributed by atoms with E-state index in [0.29, 0.717) is 18.3 Å². The Labute approximate surface area is 136 Å². The van der Waals surface area contributed by atoms with Gasteiger partial charge in [-0.05, 0) is 49.8 Å². The number of hydrogen-bond donors (Lipinski definition) is 1. The fraction of sp³-hybridized carbons (Fsp3) is 0.444. The molecule has 0 saturated carbocycles. The van der Waals surface area contributed by atoms with Crippen molar-refractivity contribution in [3.8, 4) is 5.75 Å². The number of aromatic hydroxyl groups is 1. The lowest BCUT2D eigenvalue weighted by atomic mass is 9.95. The minimum absolute atomic E-state index is 0.170. The second-order valence-corrected chi connectivity index (χ2v) is 6.18. The third-order valence-electron chi connectivity index (χ3n) is 4.50. The van der Waals surface area contributed by atoms with Crippen molar-refractivity contribution in [2.24, 2.45) is 0 Å². The first-order valence-electron chi connectivity index (χ1n) is 8.25. The topological polar surface area (TPSA) is 58.4 Å². The summed E-state index contributed by atoms with van der Waals surface area (Å²) in [7, 11) is 0. The van der Waals surface area contributed by atoms with Gasteiger partial charge in [0.15, 0.2) is 0 Å². The molecule has 0 bridgehead atoms. The molecule has 1 atom stereocenters. The van der Waals surface area contributed by atoms with Gasteiger partial charge in [-0.3, -0.25) is 4.79 Å². The number of phenols is 1. The number of likely N-dealkylation sites (tertiary alicyclic amines) is 1. The van der Waals surface area contributed by atoms with Crippen LogP contribution in [0.3, 0.4) is 0 Å². The number of benzene rings is 1. The van der Waals surface area contributed by atoms with E-state index in [2.05, 4.69) is 4.98 Å². The number of rotatable bonds is 5. The highest BCUT2D eigenvalue weighted by molar-refractivity contribution is 5.76. The van der Waals surface area contributed by atoms with E-state index in [1.54, 1.807) is 24.7 Å². The SMILES string of the molecule is O=C(Cn1ccnc1)N1CCCC[C@@H]1CCc1cccc(O)c1.